The smallest absolute Gasteiger partial charge is 0.469 e. The number of hydrogen-bond donors (Lipinski definition) is 0. The van der Waals surface area contributed by atoms with Crippen molar-refractivity contribution in [3.63, 3.8) is 0 Å². The third kappa shape index (κ3) is 6.02. The predicted molar refractivity (Wildman–Crippen MR) is 42.8 cm³/mol. The SMILES string of the molecule is [2H]C(=C)C(=O)N(C)[CH-]C(=O)C[B].[K+]. The molecular formula is C7H9BKNO2. The molecule has 0 spiro atoms. The monoisotopic (exact) mass is 190 g/mol. The normalized spacial score (nSPS) is 8.92. The number of ketones is 1. The number of hydrogen-bond acceptors (Lipinski definition) is 2. The summed E-state index contributed by atoms with van der Waals surface area (Å²) < 4.78 is 6.87. The third-order valence-corrected chi connectivity index (χ3v) is 1.01. The Morgan fingerprint density at radius 3 is 2.67 bits per heavy atom. The summed E-state index contributed by atoms with van der Waals surface area (Å²) in [6.45, 7) is 4.17. The van der Waals surface area contributed by atoms with Gasteiger partial charge in [-0.05, 0) is 13.1 Å². The summed E-state index contributed by atoms with van der Waals surface area (Å²) in [5.74, 6) is -0.982. The molecule has 0 aliphatic rings. The van der Waals surface area contributed by atoms with Gasteiger partial charge >= 0.3 is 51.4 Å². The Morgan fingerprint density at radius 2 is 2.33 bits per heavy atom. The summed E-state index contributed by atoms with van der Waals surface area (Å²) >= 11 is 0. The Balaban J connectivity index is 0. The molecule has 0 aromatic heterocycles. The maximum atomic E-state index is 10.9. The topological polar surface area (TPSA) is 37.4 Å². The van der Waals surface area contributed by atoms with Gasteiger partial charge in [-0.1, -0.05) is 12.9 Å². The summed E-state index contributed by atoms with van der Waals surface area (Å²) in [5.41, 5.74) is 0. The zero-order valence-corrected chi connectivity index (χ0v) is 10.5. The molecule has 0 saturated heterocycles. The van der Waals surface area contributed by atoms with E-state index >= 15 is 0 Å². The Morgan fingerprint density at radius 1 is 1.83 bits per heavy atom. The first-order valence-electron chi connectivity index (χ1n) is 3.49. The molecule has 0 aliphatic heterocycles. The molecule has 0 aromatic carbocycles. The van der Waals surface area contributed by atoms with Crippen molar-refractivity contribution in [1.29, 1.82) is 0 Å². The average Bonchev–Trinajstić information content (AvgIpc) is 2.02. The van der Waals surface area contributed by atoms with Crippen molar-refractivity contribution in [3.05, 3.63) is 19.2 Å². The van der Waals surface area contributed by atoms with E-state index in [2.05, 4.69) is 6.58 Å². The minimum Gasteiger partial charge on any atom is -0.469 e. The Kier molecular flexibility index (Phi) is 8.37. The van der Waals surface area contributed by atoms with Crippen molar-refractivity contribution in [2.75, 3.05) is 7.05 Å². The quantitative estimate of drug-likeness (QED) is 0.268. The summed E-state index contributed by atoms with van der Waals surface area (Å²) in [7, 11) is 6.38. The number of rotatable bonds is 4. The summed E-state index contributed by atoms with van der Waals surface area (Å²) in [6.07, 6.45) is -0.151. The summed E-state index contributed by atoms with van der Waals surface area (Å²) in [6, 6.07) is -0.362. The molecule has 0 heterocycles. The van der Waals surface area contributed by atoms with E-state index in [-0.39, 0.29) is 69.5 Å². The van der Waals surface area contributed by atoms with Crippen LogP contribution in [0.25, 0.3) is 0 Å². The summed E-state index contributed by atoms with van der Waals surface area (Å²) in [4.78, 5) is 22.6. The molecule has 0 unspecified atom stereocenters. The van der Waals surface area contributed by atoms with Gasteiger partial charge in [0.2, 0.25) is 5.91 Å². The molecule has 0 saturated carbocycles. The van der Waals surface area contributed by atoms with Crippen LogP contribution in [-0.2, 0) is 9.59 Å². The number of carbonyl (C=O) groups is 2. The second-order valence-corrected chi connectivity index (χ2v) is 1.89. The molecule has 5 heteroatoms. The van der Waals surface area contributed by atoms with Gasteiger partial charge in [-0.3, -0.25) is 4.79 Å². The van der Waals surface area contributed by atoms with Gasteiger partial charge in [0, 0.05) is 5.78 Å². The first kappa shape index (κ1) is 12.5. The molecule has 0 atom stereocenters. The van der Waals surface area contributed by atoms with Crippen molar-refractivity contribution in [3.8, 4) is 0 Å². The van der Waals surface area contributed by atoms with Crippen LogP contribution in [-0.4, -0.2) is 31.5 Å². The molecule has 1 amide bonds. The Labute approximate surface area is 118 Å². The van der Waals surface area contributed by atoms with E-state index in [9.17, 15) is 9.59 Å². The number of amides is 1. The van der Waals surface area contributed by atoms with E-state index in [0.29, 0.717) is 0 Å². The van der Waals surface area contributed by atoms with Crippen molar-refractivity contribution >= 4 is 19.5 Å². The van der Waals surface area contributed by atoms with Gasteiger partial charge < -0.3 is 9.69 Å². The molecule has 0 aliphatic carbocycles. The van der Waals surface area contributed by atoms with Crippen LogP contribution >= 0.6 is 0 Å². The van der Waals surface area contributed by atoms with Crippen LogP contribution in [0.2, 0.25) is 6.32 Å². The van der Waals surface area contributed by atoms with Gasteiger partial charge in [0.25, 0.3) is 0 Å². The molecule has 0 aromatic rings. The van der Waals surface area contributed by atoms with Gasteiger partial charge in [0.15, 0.2) is 0 Å². The van der Waals surface area contributed by atoms with Crippen LogP contribution in [0.1, 0.15) is 1.37 Å². The van der Waals surface area contributed by atoms with Crippen LogP contribution in [0.5, 0.6) is 0 Å². The average molecular weight is 190 g/mol. The van der Waals surface area contributed by atoms with E-state index in [1.54, 1.807) is 0 Å². The fourth-order valence-corrected chi connectivity index (χ4v) is 0.452. The summed E-state index contributed by atoms with van der Waals surface area (Å²) in [5, 5.41) is 0. The zero-order valence-electron chi connectivity index (χ0n) is 8.33. The second kappa shape index (κ2) is 8.07. The zero-order chi connectivity index (χ0) is 9.72. The maximum absolute atomic E-state index is 10.9. The fraction of sp³-hybridized carbons (Fsp3) is 0.286. The Hall–Kier alpha value is 0.451. The van der Waals surface area contributed by atoms with E-state index in [1.165, 1.54) is 7.05 Å². The Bertz CT molecular complexity index is 223. The van der Waals surface area contributed by atoms with Crippen molar-refractivity contribution < 1.29 is 62.3 Å². The maximum Gasteiger partial charge on any atom is 1.00 e. The molecule has 0 rings (SSSR count). The van der Waals surface area contributed by atoms with Crippen molar-refractivity contribution in [1.82, 2.24) is 4.90 Å². The van der Waals surface area contributed by atoms with E-state index in [0.717, 1.165) is 11.4 Å². The van der Waals surface area contributed by atoms with Gasteiger partial charge in [-0.2, -0.15) is 0 Å². The molecule has 0 N–H and O–H groups in total. The molecule has 0 bridgehead atoms. The van der Waals surface area contributed by atoms with Gasteiger partial charge in [-0.15, -0.1) is 0 Å². The van der Waals surface area contributed by atoms with E-state index in [4.69, 9.17) is 9.22 Å². The molecule has 0 fully saturated rings. The molecule has 3 nitrogen and oxygen atoms in total. The number of Topliss-reactive ketones (excluding diaryl/α,β-unsaturated/α-hetero) is 1. The number of nitrogens with zero attached hydrogens (tertiary/aromatic N) is 1. The number of likely N-dealkylation sites (N-methyl/N-ethyl adjacent to an activating group) is 1. The second-order valence-electron chi connectivity index (χ2n) is 1.89. The van der Waals surface area contributed by atoms with Gasteiger partial charge in [0.1, 0.15) is 0 Å². The van der Waals surface area contributed by atoms with Crippen LogP contribution in [0.15, 0.2) is 12.6 Å². The van der Waals surface area contributed by atoms with Crippen molar-refractivity contribution in [2.45, 2.75) is 6.32 Å². The molecular weight excluding hydrogens is 180 g/mol. The van der Waals surface area contributed by atoms with Gasteiger partial charge in [0.05, 0.1) is 9.22 Å². The predicted octanol–water partition coefficient (Wildman–Crippen LogP) is -3.05. The molecule has 12 heavy (non-hydrogen) atoms. The number of carbonyl (C=O) groups excluding carboxylic acids is 2. The standard InChI is InChI=1S/C7H9BNO2.K/c1-3-7(11)9(2)5-6(10)4-8;/h3,5H,1,4H2,2H3;/q-1;+1/i3D;. The van der Waals surface area contributed by atoms with Crippen LogP contribution in [0.4, 0.5) is 0 Å². The minimum atomic E-state index is -0.614. The van der Waals surface area contributed by atoms with Crippen molar-refractivity contribution in [2.24, 2.45) is 0 Å². The fourth-order valence-electron chi connectivity index (χ4n) is 0.452. The van der Waals surface area contributed by atoms with Gasteiger partial charge in [-0.25, -0.2) is 6.54 Å². The van der Waals surface area contributed by atoms with Crippen LogP contribution < -0.4 is 51.4 Å². The first-order valence-corrected chi connectivity index (χ1v) is 2.99. The molecule has 58 valence electrons. The first-order chi connectivity index (χ1) is 5.49. The third-order valence-electron chi connectivity index (χ3n) is 1.01. The molecule has 2 radical (unpaired) electrons. The van der Waals surface area contributed by atoms with E-state index in [1.807, 2.05) is 0 Å². The van der Waals surface area contributed by atoms with E-state index < -0.39 is 5.91 Å². The van der Waals surface area contributed by atoms with Crippen LogP contribution in [0.3, 0.4) is 0 Å². The minimum absolute atomic E-state index is 0. The largest absolute Gasteiger partial charge is 1.00 e. The van der Waals surface area contributed by atoms with Crippen LogP contribution in [0, 0.1) is 6.54 Å².